The molecule has 152 valence electrons. The van der Waals surface area contributed by atoms with E-state index in [1.54, 1.807) is 0 Å². The first kappa shape index (κ1) is 23.0. The van der Waals surface area contributed by atoms with Gasteiger partial charge in [-0.3, -0.25) is 9.59 Å². The van der Waals surface area contributed by atoms with Crippen LogP contribution >= 0.6 is 0 Å². The molecule has 0 aromatic rings. The van der Waals surface area contributed by atoms with Crippen molar-refractivity contribution < 1.29 is 9.59 Å². The third kappa shape index (κ3) is 5.47. The van der Waals surface area contributed by atoms with Crippen LogP contribution < -0.4 is 5.32 Å². The van der Waals surface area contributed by atoms with Gasteiger partial charge in [0, 0.05) is 30.5 Å². The number of hydrogen-bond acceptors (Lipinski definition) is 2. The van der Waals surface area contributed by atoms with Crippen LogP contribution in [-0.4, -0.2) is 36.3 Å². The SMILES string of the molecule is CC(C)CNC(=O)C(C)(C)C(C)CC1CCN(C(=O)C(C)(C)C(C)C)C1. The van der Waals surface area contributed by atoms with Crippen LogP contribution in [0.25, 0.3) is 0 Å². The van der Waals surface area contributed by atoms with Crippen LogP contribution in [0.2, 0.25) is 0 Å². The molecule has 1 aliphatic rings. The van der Waals surface area contributed by atoms with Crippen LogP contribution in [0.15, 0.2) is 0 Å². The summed E-state index contributed by atoms with van der Waals surface area (Å²) in [4.78, 5) is 27.5. The van der Waals surface area contributed by atoms with Gasteiger partial charge >= 0.3 is 0 Å². The molecule has 1 heterocycles. The number of likely N-dealkylation sites (tertiary alicyclic amines) is 1. The van der Waals surface area contributed by atoms with Crippen molar-refractivity contribution in [2.75, 3.05) is 19.6 Å². The molecule has 0 aliphatic carbocycles. The minimum Gasteiger partial charge on any atom is -0.355 e. The second-order valence-corrected chi connectivity index (χ2v) is 10.2. The minimum absolute atomic E-state index is 0.144. The van der Waals surface area contributed by atoms with Gasteiger partial charge in [0.05, 0.1) is 0 Å². The van der Waals surface area contributed by atoms with Crippen LogP contribution in [0.4, 0.5) is 0 Å². The standard InChI is InChI=1S/C22H42N2O2/c1-15(2)13-23-19(25)22(8,9)17(5)12-18-10-11-24(14-18)20(26)21(6,7)16(3)4/h15-18H,10-14H2,1-9H3,(H,23,25). The summed E-state index contributed by atoms with van der Waals surface area (Å²) >= 11 is 0. The van der Waals surface area contributed by atoms with Crippen LogP contribution in [-0.2, 0) is 9.59 Å². The Labute approximate surface area is 161 Å². The Bertz CT molecular complexity index is 494. The molecule has 1 aliphatic heterocycles. The Kier molecular flexibility index (Phi) is 7.74. The van der Waals surface area contributed by atoms with Crippen molar-refractivity contribution >= 4 is 11.8 Å². The van der Waals surface area contributed by atoms with E-state index in [2.05, 4.69) is 53.8 Å². The molecule has 0 saturated carbocycles. The molecule has 2 unspecified atom stereocenters. The van der Waals surface area contributed by atoms with Gasteiger partial charge in [-0.1, -0.05) is 62.3 Å². The Balaban J connectivity index is 2.62. The Hall–Kier alpha value is -1.06. The summed E-state index contributed by atoms with van der Waals surface area (Å²) in [7, 11) is 0. The number of nitrogens with zero attached hydrogens (tertiary/aromatic N) is 1. The van der Waals surface area contributed by atoms with Gasteiger partial charge in [-0.05, 0) is 36.5 Å². The van der Waals surface area contributed by atoms with E-state index < -0.39 is 0 Å². The fourth-order valence-electron chi connectivity index (χ4n) is 3.41. The second kappa shape index (κ2) is 8.75. The van der Waals surface area contributed by atoms with E-state index in [-0.39, 0.29) is 28.6 Å². The van der Waals surface area contributed by atoms with E-state index in [4.69, 9.17) is 0 Å². The van der Waals surface area contributed by atoms with E-state index in [1.165, 1.54) is 0 Å². The maximum Gasteiger partial charge on any atom is 0.228 e. The molecule has 1 fully saturated rings. The van der Waals surface area contributed by atoms with Crippen molar-refractivity contribution in [3.8, 4) is 0 Å². The maximum absolute atomic E-state index is 12.9. The molecular weight excluding hydrogens is 324 g/mol. The Morgan fingerprint density at radius 3 is 2.12 bits per heavy atom. The van der Waals surface area contributed by atoms with Gasteiger partial charge in [0.1, 0.15) is 0 Å². The van der Waals surface area contributed by atoms with Crippen molar-refractivity contribution in [1.29, 1.82) is 0 Å². The highest BCUT2D eigenvalue weighted by atomic mass is 16.2. The average Bonchev–Trinajstić information content (AvgIpc) is 2.99. The van der Waals surface area contributed by atoms with E-state index in [9.17, 15) is 9.59 Å². The van der Waals surface area contributed by atoms with E-state index in [0.29, 0.717) is 17.8 Å². The van der Waals surface area contributed by atoms with Crippen LogP contribution in [0.1, 0.15) is 75.2 Å². The molecule has 4 nitrogen and oxygen atoms in total. The number of rotatable bonds is 8. The Morgan fingerprint density at radius 1 is 1.04 bits per heavy atom. The normalized spacial score (nSPS) is 20.0. The van der Waals surface area contributed by atoms with Crippen molar-refractivity contribution in [3.63, 3.8) is 0 Å². The topological polar surface area (TPSA) is 49.4 Å². The predicted octanol–water partition coefficient (Wildman–Crippen LogP) is 4.34. The number of hydrogen-bond donors (Lipinski definition) is 1. The highest BCUT2D eigenvalue weighted by molar-refractivity contribution is 5.83. The molecule has 0 radical (unpaired) electrons. The molecule has 0 bridgehead atoms. The average molecular weight is 367 g/mol. The lowest BCUT2D eigenvalue weighted by Gasteiger charge is -2.34. The second-order valence-electron chi connectivity index (χ2n) is 10.2. The predicted molar refractivity (Wildman–Crippen MR) is 109 cm³/mol. The number of carbonyl (C=O) groups excluding carboxylic acids is 2. The molecule has 1 rings (SSSR count). The lowest BCUT2D eigenvalue weighted by Crippen LogP contribution is -2.43. The van der Waals surface area contributed by atoms with E-state index >= 15 is 0 Å². The Morgan fingerprint density at radius 2 is 1.62 bits per heavy atom. The van der Waals surface area contributed by atoms with Crippen molar-refractivity contribution in [2.24, 2.45) is 34.5 Å². The van der Waals surface area contributed by atoms with Crippen LogP contribution in [0.5, 0.6) is 0 Å². The summed E-state index contributed by atoms with van der Waals surface area (Å²) in [6, 6.07) is 0. The molecule has 1 saturated heterocycles. The maximum atomic E-state index is 12.9. The molecule has 0 spiro atoms. The number of amides is 2. The summed E-state index contributed by atoms with van der Waals surface area (Å²) < 4.78 is 0. The zero-order chi connectivity index (χ0) is 20.3. The number of carbonyl (C=O) groups is 2. The molecular formula is C22H42N2O2. The first-order chi connectivity index (χ1) is 11.8. The first-order valence-electron chi connectivity index (χ1n) is 10.4. The molecule has 2 amide bonds. The van der Waals surface area contributed by atoms with E-state index in [0.717, 1.165) is 32.5 Å². The van der Waals surface area contributed by atoms with Gasteiger partial charge in [-0.15, -0.1) is 0 Å². The molecule has 2 atom stereocenters. The monoisotopic (exact) mass is 366 g/mol. The molecule has 0 aromatic heterocycles. The van der Waals surface area contributed by atoms with Crippen molar-refractivity contribution in [2.45, 2.75) is 75.2 Å². The van der Waals surface area contributed by atoms with Crippen LogP contribution in [0.3, 0.4) is 0 Å². The zero-order valence-corrected chi connectivity index (χ0v) is 18.6. The molecule has 0 aromatic carbocycles. The van der Waals surface area contributed by atoms with Gasteiger partial charge in [0.25, 0.3) is 0 Å². The fraction of sp³-hybridized carbons (Fsp3) is 0.909. The fourth-order valence-corrected chi connectivity index (χ4v) is 3.41. The smallest absolute Gasteiger partial charge is 0.228 e. The van der Waals surface area contributed by atoms with Gasteiger partial charge in [-0.25, -0.2) is 0 Å². The molecule has 1 N–H and O–H groups in total. The van der Waals surface area contributed by atoms with E-state index in [1.807, 2.05) is 18.7 Å². The first-order valence-corrected chi connectivity index (χ1v) is 10.4. The summed E-state index contributed by atoms with van der Waals surface area (Å²) in [5.74, 6) is 1.99. The highest BCUT2D eigenvalue weighted by Crippen LogP contribution is 2.36. The third-order valence-electron chi connectivity index (χ3n) is 6.74. The van der Waals surface area contributed by atoms with Gasteiger partial charge in [0.15, 0.2) is 0 Å². The summed E-state index contributed by atoms with van der Waals surface area (Å²) in [6.07, 6.45) is 2.04. The zero-order valence-electron chi connectivity index (χ0n) is 18.6. The van der Waals surface area contributed by atoms with Crippen LogP contribution in [0, 0.1) is 34.5 Å². The highest BCUT2D eigenvalue weighted by Gasteiger charge is 2.40. The number of nitrogens with one attached hydrogen (secondary N) is 1. The van der Waals surface area contributed by atoms with Gasteiger partial charge in [0.2, 0.25) is 11.8 Å². The third-order valence-corrected chi connectivity index (χ3v) is 6.74. The lowest BCUT2D eigenvalue weighted by atomic mass is 9.74. The van der Waals surface area contributed by atoms with Gasteiger partial charge in [-0.2, -0.15) is 0 Å². The molecule has 4 heteroatoms. The quantitative estimate of drug-likeness (QED) is 0.694. The largest absolute Gasteiger partial charge is 0.355 e. The lowest BCUT2D eigenvalue weighted by molar-refractivity contribution is -0.141. The summed E-state index contributed by atoms with van der Waals surface area (Å²) in [6.45, 7) is 21.3. The van der Waals surface area contributed by atoms with Gasteiger partial charge < -0.3 is 10.2 Å². The van der Waals surface area contributed by atoms with Crippen molar-refractivity contribution in [1.82, 2.24) is 10.2 Å². The van der Waals surface area contributed by atoms with Crippen molar-refractivity contribution in [3.05, 3.63) is 0 Å². The minimum atomic E-state index is -0.385. The molecule has 26 heavy (non-hydrogen) atoms. The summed E-state index contributed by atoms with van der Waals surface area (Å²) in [5, 5.41) is 3.08. The summed E-state index contributed by atoms with van der Waals surface area (Å²) in [5.41, 5.74) is -0.694.